The molecule has 1 saturated heterocycles. The fraction of sp³-hybridized carbons (Fsp3) is 0.533. The van der Waals surface area contributed by atoms with E-state index in [9.17, 15) is 4.79 Å². The van der Waals surface area contributed by atoms with Gasteiger partial charge >= 0.3 is 0 Å². The van der Waals surface area contributed by atoms with Gasteiger partial charge in [0, 0.05) is 12.0 Å². The quantitative estimate of drug-likeness (QED) is 0.603. The Kier molecular flexibility index (Phi) is 5.36. The Bertz CT molecular complexity index is 414. The largest absolute Gasteiger partial charge is 0.493 e. The first-order valence-corrected chi connectivity index (χ1v) is 6.91. The van der Waals surface area contributed by atoms with Crippen LogP contribution in [0.5, 0.6) is 5.75 Å². The molecule has 0 aliphatic carbocycles. The van der Waals surface area contributed by atoms with Crippen molar-refractivity contribution in [2.75, 3.05) is 39.5 Å². The van der Waals surface area contributed by atoms with Crippen LogP contribution in [-0.4, -0.2) is 45.2 Å². The predicted octanol–water partition coefficient (Wildman–Crippen LogP) is 0.573. The summed E-state index contributed by atoms with van der Waals surface area (Å²) in [6.07, 6.45) is 1.03. The Morgan fingerprint density at radius 1 is 1.37 bits per heavy atom. The van der Waals surface area contributed by atoms with Gasteiger partial charge in [-0.1, -0.05) is 12.1 Å². The zero-order valence-electron chi connectivity index (χ0n) is 11.5. The summed E-state index contributed by atoms with van der Waals surface area (Å²) in [6.45, 7) is 7.33. The van der Waals surface area contributed by atoms with E-state index in [4.69, 9.17) is 9.47 Å². The van der Waals surface area contributed by atoms with Gasteiger partial charge in [0.1, 0.15) is 18.8 Å². The van der Waals surface area contributed by atoms with Crippen LogP contribution < -0.4 is 9.64 Å². The molecule has 1 aliphatic heterocycles. The molecule has 1 N–H and O–H groups in total. The van der Waals surface area contributed by atoms with Crippen LogP contribution in [0.25, 0.3) is 0 Å². The van der Waals surface area contributed by atoms with Gasteiger partial charge in [-0.05, 0) is 19.1 Å². The third kappa shape index (κ3) is 4.65. The highest BCUT2D eigenvalue weighted by Crippen LogP contribution is 2.13. The smallest absolute Gasteiger partial charge is 0.159 e. The predicted molar refractivity (Wildman–Crippen MR) is 72.9 cm³/mol. The molecule has 1 aromatic carbocycles. The summed E-state index contributed by atoms with van der Waals surface area (Å²) in [7, 11) is 0. The van der Waals surface area contributed by atoms with E-state index in [-0.39, 0.29) is 5.78 Å². The number of benzene rings is 1. The van der Waals surface area contributed by atoms with Gasteiger partial charge < -0.3 is 14.4 Å². The van der Waals surface area contributed by atoms with Crippen molar-refractivity contribution in [1.82, 2.24) is 0 Å². The SMILES string of the molecule is CC(=O)c1cccc(OCCC[NH+]2CCOCC2)c1. The van der Waals surface area contributed by atoms with Crippen molar-refractivity contribution in [2.45, 2.75) is 13.3 Å². The number of Topliss-reactive ketones (excluding diaryl/α,β-unsaturated/α-hetero) is 1. The molecule has 104 valence electrons. The van der Waals surface area contributed by atoms with Gasteiger partial charge in [-0.2, -0.15) is 0 Å². The van der Waals surface area contributed by atoms with Crippen molar-refractivity contribution < 1.29 is 19.2 Å². The van der Waals surface area contributed by atoms with Gasteiger partial charge in [0.25, 0.3) is 0 Å². The van der Waals surface area contributed by atoms with Gasteiger partial charge in [-0.25, -0.2) is 0 Å². The average molecular weight is 264 g/mol. The second kappa shape index (κ2) is 7.26. The Balaban J connectivity index is 1.70. The lowest BCUT2D eigenvalue weighted by Gasteiger charge is -2.23. The molecule has 0 unspecified atom stereocenters. The van der Waals surface area contributed by atoms with E-state index in [0.29, 0.717) is 12.2 Å². The normalized spacial score (nSPS) is 16.3. The Labute approximate surface area is 114 Å². The van der Waals surface area contributed by atoms with Crippen molar-refractivity contribution in [3.05, 3.63) is 29.8 Å². The number of rotatable bonds is 6. The number of carbonyl (C=O) groups is 1. The molecular weight excluding hydrogens is 242 g/mol. The van der Waals surface area contributed by atoms with Crippen molar-refractivity contribution in [3.63, 3.8) is 0 Å². The lowest BCUT2D eigenvalue weighted by Crippen LogP contribution is -3.14. The van der Waals surface area contributed by atoms with Crippen LogP contribution in [0.4, 0.5) is 0 Å². The second-order valence-electron chi connectivity index (χ2n) is 4.90. The minimum absolute atomic E-state index is 0.0724. The maximum atomic E-state index is 11.3. The summed E-state index contributed by atoms with van der Waals surface area (Å²) in [6, 6.07) is 7.38. The van der Waals surface area contributed by atoms with E-state index in [1.807, 2.05) is 24.3 Å². The molecule has 4 nitrogen and oxygen atoms in total. The molecule has 0 atom stereocenters. The van der Waals surface area contributed by atoms with Gasteiger partial charge in [0.05, 0.1) is 26.4 Å². The molecule has 0 saturated carbocycles. The zero-order valence-corrected chi connectivity index (χ0v) is 11.5. The van der Waals surface area contributed by atoms with Crippen LogP contribution in [0.2, 0.25) is 0 Å². The zero-order chi connectivity index (χ0) is 13.5. The number of ketones is 1. The van der Waals surface area contributed by atoms with Gasteiger partial charge in [0.2, 0.25) is 0 Å². The number of ether oxygens (including phenoxy) is 2. The topological polar surface area (TPSA) is 40.0 Å². The molecule has 0 aromatic heterocycles. The molecule has 1 fully saturated rings. The molecule has 0 bridgehead atoms. The minimum Gasteiger partial charge on any atom is -0.493 e. The molecule has 1 aromatic rings. The molecule has 1 heterocycles. The van der Waals surface area contributed by atoms with Crippen LogP contribution in [-0.2, 0) is 4.74 Å². The van der Waals surface area contributed by atoms with Crippen LogP contribution in [0.15, 0.2) is 24.3 Å². The van der Waals surface area contributed by atoms with E-state index in [1.165, 1.54) is 0 Å². The number of carbonyl (C=O) groups excluding carboxylic acids is 1. The average Bonchev–Trinajstić information content (AvgIpc) is 2.45. The van der Waals surface area contributed by atoms with E-state index < -0.39 is 0 Å². The third-order valence-electron chi connectivity index (χ3n) is 3.38. The summed E-state index contributed by atoms with van der Waals surface area (Å²) < 4.78 is 11.0. The molecule has 4 heteroatoms. The van der Waals surface area contributed by atoms with Crippen molar-refractivity contribution in [2.24, 2.45) is 0 Å². The van der Waals surface area contributed by atoms with E-state index >= 15 is 0 Å². The summed E-state index contributed by atoms with van der Waals surface area (Å²) in [5, 5.41) is 0. The van der Waals surface area contributed by atoms with Gasteiger partial charge in [0.15, 0.2) is 5.78 Å². The summed E-state index contributed by atoms with van der Waals surface area (Å²) >= 11 is 0. The lowest BCUT2D eigenvalue weighted by molar-refractivity contribution is -0.908. The number of morpholine rings is 1. The standard InChI is InChI=1S/C15H21NO3/c1-13(17)14-4-2-5-15(12-14)19-9-3-6-16-7-10-18-11-8-16/h2,4-5,12H,3,6-11H2,1H3/p+1. The van der Waals surface area contributed by atoms with E-state index in [0.717, 1.165) is 45.0 Å². The monoisotopic (exact) mass is 264 g/mol. The molecule has 0 spiro atoms. The lowest BCUT2D eigenvalue weighted by atomic mass is 10.1. The van der Waals surface area contributed by atoms with Gasteiger partial charge in [-0.15, -0.1) is 0 Å². The number of quaternary nitrogens is 1. The van der Waals surface area contributed by atoms with Crippen LogP contribution in [0, 0.1) is 0 Å². The number of hydrogen-bond acceptors (Lipinski definition) is 3. The highest BCUT2D eigenvalue weighted by Gasteiger charge is 2.12. The number of hydrogen-bond donors (Lipinski definition) is 1. The third-order valence-corrected chi connectivity index (χ3v) is 3.38. The van der Waals surface area contributed by atoms with Crippen LogP contribution in [0.3, 0.4) is 0 Å². The van der Waals surface area contributed by atoms with Crippen molar-refractivity contribution >= 4 is 5.78 Å². The fourth-order valence-corrected chi connectivity index (χ4v) is 2.23. The maximum Gasteiger partial charge on any atom is 0.159 e. The fourth-order valence-electron chi connectivity index (χ4n) is 2.23. The summed E-state index contributed by atoms with van der Waals surface area (Å²) in [5.41, 5.74) is 0.705. The first kappa shape index (κ1) is 14.0. The van der Waals surface area contributed by atoms with E-state index in [2.05, 4.69) is 0 Å². The first-order chi connectivity index (χ1) is 9.25. The summed E-state index contributed by atoms with van der Waals surface area (Å²) in [5.74, 6) is 0.855. The molecular formula is C15H22NO3+. The second-order valence-corrected chi connectivity index (χ2v) is 4.90. The van der Waals surface area contributed by atoms with Crippen LogP contribution in [0.1, 0.15) is 23.7 Å². The molecule has 0 radical (unpaired) electrons. The van der Waals surface area contributed by atoms with Crippen molar-refractivity contribution in [3.8, 4) is 5.75 Å². The Hall–Kier alpha value is -1.39. The Morgan fingerprint density at radius 2 is 2.16 bits per heavy atom. The molecule has 19 heavy (non-hydrogen) atoms. The van der Waals surface area contributed by atoms with Crippen LogP contribution >= 0.6 is 0 Å². The molecule has 2 rings (SSSR count). The Morgan fingerprint density at radius 3 is 2.89 bits per heavy atom. The maximum absolute atomic E-state index is 11.3. The minimum atomic E-state index is 0.0724. The first-order valence-electron chi connectivity index (χ1n) is 6.91. The van der Waals surface area contributed by atoms with E-state index in [1.54, 1.807) is 11.8 Å². The number of nitrogens with one attached hydrogen (secondary N) is 1. The highest BCUT2D eigenvalue weighted by molar-refractivity contribution is 5.94. The van der Waals surface area contributed by atoms with Gasteiger partial charge in [-0.3, -0.25) is 4.79 Å². The summed E-state index contributed by atoms with van der Waals surface area (Å²) in [4.78, 5) is 12.9. The molecule has 0 amide bonds. The molecule has 1 aliphatic rings. The van der Waals surface area contributed by atoms with Crippen molar-refractivity contribution in [1.29, 1.82) is 0 Å². The highest BCUT2D eigenvalue weighted by atomic mass is 16.5.